The number of carbonyl (C=O) groups excluding carboxylic acids is 1. The number of ketones is 1. The van der Waals surface area contributed by atoms with Crippen molar-refractivity contribution in [3.63, 3.8) is 0 Å². The Morgan fingerprint density at radius 2 is 1.81 bits per heavy atom. The average Bonchev–Trinajstić information content (AvgIpc) is 2.90. The number of aliphatic hydroxyl groups excluding tert-OH is 1. The molecule has 1 heterocycles. The van der Waals surface area contributed by atoms with Crippen LogP contribution < -0.4 is 5.73 Å². The van der Waals surface area contributed by atoms with Crippen molar-refractivity contribution < 1.29 is 19.8 Å². The molecule has 2 rings (SSSR count). The number of carbonyl (C=O) groups is 2. The van der Waals surface area contributed by atoms with E-state index in [2.05, 4.69) is 0 Å². The molecule has 0 spiro atoms. The van der Waals surface area contributed by atoms with Crippen LogP contribution >= 0.6 is 11.3 Å². The summed E-state index contributed by atoms with van der Waals surface area (Å²) in [6, 6.07) is 9.12. The number of aliphatic carboxylic acids is 1. The molecule has 0 bridgehead atoms. The number of nitrogen functional groups attached to an aromatic ring is 1. The van der Waals surface area contributed by atoms with E-state index in [1.165, 1.54) is 11.3 Å². The van der Waals surface area contributed by atoms with E-state index in [4.69, 9.17) is 15.9 Å². The molecule has 6 heteroatoms. The van der Waals surface area contributed by atoms with Gasteiger partial charge in [0, 0.05) is 11.8 Å². The van der Waals surface area contributed by atoms with Crippen LogP contribution in [0, 0.1) is 0 Å². The van der Waals surface area contributed by atoms with Gasteiger partial charge < -0.3 is 15.9 Å². The first kappa shape index (κ1) is 14.8. The summed E-state index contributed by atoms with van der Waals surface area (Å²) < 4.78 is 0. The van der Waals surface area contributed by atoms with E-state index >= 15 is 0 Å². The number of aliphatic hydroxyl groups is 1. The van der Waals surface area contributed by atoms with Crippen LogP contribution in [0.4, 0.5) is 5.69 Å². The average molecular weight is 303 g/mol. The minimum absolute atomic E-state index is 0.383. The fourth-order valence-corrected chi connectivity index (χ4v) is 2.55. The minimum Gasteiger partial charge on any atom is -0.502 e. The maximum Gasteiger partial charge on any atom is 0.371 e. The van der Waals surface area contributed by atoms with Gasteiger partial charge in [-0.15, -0.1) is 11.3 Å². The van der Waals surface area contributed by atoms with Crippen LogP contribution in [0.15, 0.2) is 47.5 Å². The van der Waals surface area contributed by atoms with Gasteiger partial charge in [-0.05, 0) is 41.1 Å². The topological polar surface area (TPSA) is 101 Å². The highest BCUT2D eigenvalue weighted by Gasteiger charge is 2.11. The molecule has 108 valence electrons. The number of carboxylic acids is 1. The Morgan fingerprint density at radius 1 is 1.14 bits per heavy atom. The van der Waals surface area contributed by atoms with Crippen molar-refractivity contribution in [1.82, 2.24) is 0 Å². The molecular weight excluding hydrogens is 290 g/mol. The largest absolute Gasteiger partial charge is 0.502 e. The summed E-state index contributed by atoms with van der Waals surface area (Å²) in [5.41, 5.74) is 8.30. The molecule has 0 amide bonds. The van der Waals surface area contributed by atoms with Gasteiger partial charge in [-0.1, -0.05) is 12.1 Å². The molecule has 0 aliphatic carbocycles. The van der Waals surface area contributed by atoms with E-state index in [-0.39, 0.29) is 0 Å². The number of nitrogens with two attached hydrogens (primary N) is 1. The molecule has 0 unspecified atom stereocenters. The molecule has 0 fully saturated rings. The van der Waals surface area contributed by atoms with Crippen LogP contribution in [-0.4, -0.2) is 22.0 Å². The van der Waals surface area contributed by atoms with Gasteiger partial charge in [0.2, 0.25) is 5.76 Å². The first-order chi connectivity index (χ1) is 9.95. The lowest BCUT2D eigenvalue weighted by Gasteiger charge is -1.99. The molecule has 5 nitrogen and oxygen atoms in total. The zero-order chi connectivity index (χ0) is 15.4. The molecule has 0 aliphatic heterocycles. The monoisotopic (exact) mass is 303 g/mol. The highest BCUT2D eigenvalue weighted by molar-refractivity contribution is 7.12. The number of carboxylic acid groups (broad SMARTS) is 1. The minimum atomic E-state index is -1.53. The number of hydrogen-bond acceptors (Lipinski definition) is 5. The molecule has 2 aromatic rings. The lowest BCUT2D eigenvalue weighted by molar-refractivity contribution is -0.135. The summed E-state index contributed by atoms with van der Waals surface area (Å²) in [7, 11) is 0. The highest BCUT2D eigenvalue weighted by Crippen LogP contribution is 2.20. The second-order valence-corrected chi connectivity index (χ2v) is 5.35. The first-order valence-electron chi connectivity index (χ1n) is 6.06. The standard InChI is InChI=1S/C15H13NO4S/c16-11-3-1-9(2-4-11)5-10-6-14(21-8-10)12(17)7-13(18)15(19)20/h1-4,6-8,18H,5,16H2,(H,19,20)/b13-7-. The Kier molecular flexibility index (Phi) is 4.39. The predicted molar refractivity (Wildman–Crippen MR) is 80.7 cm³/mol. The van der Waals surface area contributed by atoms with Gasteiger partial charge in [0.1, 0.15) is 0 Å². The number of hydrogen-bond donors (Lipinski definition) is 3. The molecule has 0 saturated heterocycles. The molecule has 21 heavy (non-hydrogen) atoms. The van der Waals surface area contributed by atoms with Gasteiger partial charge in [-0.25, -0.2) is 4.79 Å². The van der Waals surface area contributed by atoms with Crippen molar-refractivity contribution in [3.05, 3.63) is 63.6 Å². The number of thiophene rings is 1. The van der Waals surface area contributed by atoms with Crippen LogP contribution in [0.5, 0.6) is 0 Å². The van der Waals surface area contributed by atoms with Crippen molar-refractivity contribution >= 4 is 28.8 Å². The fourth-order valence-electron chi connectivity index (χ4n) is 1.73. The molecule has 1 aromatic carbocycles. The van der Waals surface area contributed by atoms with Crippen molar-refractivity contribution in [1.29, 1.82) is 0 Å². The maximum absolute atomic E-state index is 11.8. The highest BCUT2D eigenvalue weighted by atomic mass is 32.1. The molecule has 0 radical (unpaired) electrons. The lowest BCUT2D eigenvalue weighted by Crippen LogP contribution is -2.02. The van der Waals surface area contributed by atoms with E-state index < -0.39 is 17.5 Å². The van der Waals surface area contributed by atoms with E-state index in [1.54, 1.807) is 18.2 Å². The Morgan fingerprint density at radius 3 is 2.43 bits per heavy atom. The number of benzene rings is 1. The number of rotatable bonds is 5. The third-order valence-corrected chi connectivity index (χ3v) is 3.77. The van der Waals surface area contributed by atoms with E-state index in [1.807, 2.05) is 17.5 Å². The van der Waals surface area contributed by atoms with Gasteiger partial charge in [-0.3, -0.25) is 4.79 Å². The summed E-state index contributed by atoms with van der Waals surface area (Å²) >= 11 is 1.21. The zero-order valence-electron chi connectivity index (χ0n) is 10.9. The maximum atomic E-state index is 11.8. The fraction of sp³-hybridized carbons (Fsp3) is 0.0667. The Hall–Kier alpha value is -2.60. The molecule has 0 aliphatic rings. The van der Waals surface area contributed by atoms with Crippen molar-refractivity contribution in [2.45, 2.75) is 6.42 Å². The molecule has 0 atom stereocenters. The smallest absolute Gasteiger partial charge is 0.371 e. The van der Waals surface area contributed by atoms with E-state index in [0.29, 0.717) is 23.1 Å². The summed E-state index contributed by atoms with van der Waals surface area (Å²) in [6.07, 6.45) is 1.36. The van der Waals surface area contributed by atoms with Crippen LogP contribution in [0.25, 0.3) is 0 Å². The number of anilines is 1. The second-order valence-electron chi connectivity index (χ2n) is 4.44. The summed E-state index contributed by atoms with van der Waals surface area (Å²) in [4.78, 5) is 22.6. The van der Waals surface area contributed by atoms with Gasteiger partial charge in [0.15, 0.2) is 5.78 Å². The van der Waals surface area contributed by atoms with Crippen molar-refractivity contribution in [3.8, 4) is 0 Å². The lowest BCUT2D eigenvalue weighted by atomic mass is 10.1. The summed E-state index contributed by atoms with van der Waals surface area (Å²) in [6.45, 7) is 0. The quantitative estimate of drug-likeness (QED) is 0.341. The van der Waals surface area contributed by atoms with Crippen LogP contribution in [0.3, 0.4) is 0 Å². The summed E-state index contributed by atoms with van der Waals surface area (Å²) in [5, 5.41) is 19.4. The van der Waals surface area contributed by atoms with Crippen LogP contribution in [0.2, 0.25) is 0 Å². The predicted octanol–water partition coefficient (Wildman–Crippen LogP) is 2.63. The molecular formula is C15H13NO4S. The van der Waals surface area contributed by atoms with Gasteiger partial charge in [0.25, 0.3) is 0 Å². The SMILES string of the molecule is Nc1ccc(Cc2csc(C(=O)/C=C(\O)C(=O)O)c2)cc1. The Bertz CT molecular complexity index is 701. The Balaban J connectivity index is 2.11. The second kappa shape index (κ2) is 6.23. The molecule has 4 N–H and O–H groups in total. The van der Waals surface area contributed by atoms with Crippen molar-refractivity contribution in [2.75, 3.05) is 5.73 Å². The van der Waals surface area contributed by atoms with Gasteiger partial charge >= 0.3 is 5.97 Å². The normalized spacial score (nSPS) is 11.3. The van der Waals surface area contributed by atoms with E-state index in [9.17, 15) is 9.59 Å². The molecule has 0 saturated carbocycles. The molecule has 1 aromatic heterocycles. The van der Waals surface area contributed by atoms with Crippen molar-refractivity contribution in [2.24, 2.45) is 0 Å². The third kappa shape index (κ3) is 3.93. The van der Waals surface area contributed by atoms with E-state index in [0.717, 1.165) is 11.1 Å². The summed E-state index contributed by atoms with van der Waals surface area (Å²) in [5.74, 6) is -3.01. The Labute approximate surface area is 125 Å². The number of allylic oxidation sites excluding steroid dienone is 1. The van der Waals surface area contributed by atoms with Crippen LogP contribution in [-0.2, 0) is 11.2 Å². The van der Waals surface area contributed by atoms with Crippen LogP contribution in [0.1, 0.15) is 20.8 Å². The third-order valence-electron chi connectivity index (χ3n) is 2.77. The van der Waals surface area contributed by atoms with Gasteiger partial charge in [-0.2, -0.15) is 0 Å². The van der Waals surface area contributed by atoms with Gasteiger partial charge in [0.05, 0.1) is 4.88 Å². The zero-order valence-corrected chi connectivity index (χ0v) is 11.8. The first-order valence-corrected chi connectivity index (χ1v) is 6.94.